The SMILES string of the molecule is O=C(c1ccccc1)c1c(-c2cccc3c2Cc2ccccc2-3)csc1-c1cccc2c1Cc1ccccc1-2. The Morgan fingerprint density at radius 2 is 0.974 bits per heavy atom. The quantitative estimate of drug-likeness (QED) is 0.213. The van der Waals surface area contributed by atoms with Gasteiger partial charge in [0.15, 0.2) is 5.78 Å². The molecule has 1 heterocycles. The Balaban J connectivity index is 1.36. The maximum absolute atomic E-state index is 14.3. The molecule has 8 rings (SSSR count). The van der Waals surface area contributed by atoms with Crippen molar-refractivity contribution < 1.29 is 4.79 Å². The number of benzene rings is 5. The summed E-state index contributed by atoms with van der Waals surface area (Å²) in [6, 6.07) is 40.2. The van der Waals surface area contributed by atoms with E-state index in [4.69, 9.17) is 0 Å². The van der Waals surface area contributed by atoms with Crippen molar-refractivity contribution in [1.29, 1.82) is 0 Å². The van der Waals surface area contributed by atoms with Gasteiger partial charge in [-0.2, -0.15) is 0 Å². The molecule has 6 aromatic rings. The maximum atomic E-state index is 14.3. The van der Waals surface area contributed by atoms with E-state index in [0.29, 0.717) is 0 Å². The molecule has 0 unspecified atom stereocenters. The van der Waals surface area contributed by atoms with Crippen LogP contribution in [0.3, 0.4) is 0 Å². The summed E-state index contributed by atoms with van der Waals surface area (Å²) in [7, 11) is 0. The van der Waals surface area contributed by atoms with Gasteiger partial charge in [0.2, 0.25) is 0 Å². The third-order valence-electron chi connectivity index (χ3n) is 8.29. The van der Waals surface area contributed by atoms with Crippen molar-refractivity contribution in [2.24, 2.45) is 0 Å². The van der Waals surface area contributed by atoms with Gasteiger partial charge in [0, 0.05) is 21.6 Å². The Kier molecular flexibility index (Phi) is 5.04. The molecule has 2 aliphatic rings. The minimum atomic E-state index is 0.0862. The lowest BCUT2D eigenvalue weighted by Crippen LogP contribution is -2.04. The number of rotatable bonds is 4. The molecule has 0 N–H and O–H groups in total. The first-order valence-electron chi connectivity index (χ1n) is 13.4. The van der Waals surface area contributed by atoms with E-state index in [1.165, 1.54) is 55.6 Å². The second-order valence-corrected chi connectivity index (χ2v) is 11.3. The fraction of sp³-hybridized carbons (Fsp3) is 0.0541. The van der Waals surface area contributed by atoms with E-state index in [-0.39, 0.29) is 5.78 Å². The summed E-state index contributed by atoms with van der Waals surface area (Å²) in [6.45, 7) is 0. The van der Waals surface area contributed by atoms with Crippen LogP contribution in [-0.4, -0.2) is 5.78 Å². The van der Waals surface area contributed by atoms with Gasteiger partial charge in [-0.3, -0.25) is 4.79 Å². The third kappa shape index (κ3) is 3.42. The van der Waals surface area contributed by atoms with Crippen molar-refractivity contribution in [1.82, 2.24) is 0 Å². The fourth-order valence-electron chi connectivity index (χ4n) is 6.49. The van der Waals surface area contributed by atoms with E-state index in [1.54, 1.807) is 11.3 Å². The second-order valence-electron chi connectivity index (χ2n) is 10.4. The van der Waals surface area contributed by atoms with Gasteiger partial charge in [-0.15, -0.1) is 11.3 Å². The number of thiophene rings is 1. The van der Waals surface area contributed by atoms with E-state index < -0.39 is 0 Å². The number of hydrogen-bond donors (Lipinski definition) is 0. The lowest BCUT2D eigenvalue weighted by molar-refractivity contribution is 0.104. The first-order chi connectivity index (χ1) is 19.3. The number of hydrogen-bond acceptors (Lipinski definition) is 2. The summed E-state index contributed by atoms with van der Waals surface area (Å²) in [5.41, 5.74) is 15.5. The van der Waals surface area contributed by atoms with Crippen molar-refractivity contribution >= 4 is 17.1 Å². The Hall–Kier alpha value is -4.53. The zero-order valence-electron chi connectivity index (χ0n) is 21.3. The minimum absolute atomic E-state index is 0.0862. The van der Waals surface area contributed by atoms with Gasteiger partial charge in [-0.1, -0.05) is 115 Å². The van der Waals surface area contributed by atoms with Crippen LogP contribution in [0, 0.1) is 0 Å². The summed E-state index contributed by atoms with van der Waals surface area (Å²) in [5.74, 6) is 0.0862. The molecule has 0 amide bonds. The molecule has 0 spiro atoms. The van der Waals surface area contributed by atoms with Crippen LogP contribution in [0.4, 0.5) is 0 Å². The van der Waals surface area contributed by atoms with Crippen LogP contribution in [0.2, 0.25) is 0 Å². The molecule has 0 fully saturated rings. The highest BCUT2D eigenvalue weighted by atomic mass is 32.1. The van der Waals surface area contributed by atoms with E-state index >= 15 is 0 Å². The monoisotopic (exact) mass is 516 g/mol. The minimum Gasteiger partial charge on any atom is -0.289 e. The summed E-state index contributed by atoms with van der Waals surface area (Å²) >= 11 is 1.70. The van der Waals surface area contributed by atoms with Gasteiger partial charge in [0.05, 0.1) is 0 Å². The molecule has 5 aromatic carbocycles. The molecule has 2 aliphatic carbocycles. The lowest BCUT2D eigenvalue weighted by Gasteiger charge is -2.13. The van der Waals surface area contributed by atoms with Gasteiger partial charge in [0.1, 0.15) is 0 Å². The van der Waals surface area contributed by atoms with Crippen molar-refractivity contribution in [3.05, 3.63) is 154 Å². The molecule has 1 nitrogen and oxygen atoms in total. The van der Waals surface area contributed by atoms with Crippen LogP contribution in [0.25, 0.3) is 43.8 Å². The Morgan fingerprint density at radius 1 is 0.487 bits per heavy atom. The van der Waals surface area contributed by atoms with Gasteiger partial charge >= 0.3 is 0 Å². The van der Waals surface area contributed by atoms with Crippen LogP contribution in [0.15, 0.2) is 121 Å². The molecular weight excluding hydrogens is 492 g/mol. The van der Waals surface area contributed by atoms with E-state index in [0.717, 1.165) is 34.4 Å². The molecule has 0 saturated carbocycles. The van der Waals surface area contributed by atoms with E-state index in [9.17, 15) is 4.79 Å². The standard InChI is InChI=1S/C37H24OS/c38-36(23-10-2-1-3-11-23)35-34(30-18-8-16-28-26-14-6-4-12-24(26)20-32(28)30)22-39-37(35)31-19-9-17-29-27-15-7-5-13-25(27)21-33(29)31/h1-19,22H,20-21H2. The smallest absolute Gasteiger partial charge is 0.195 e. The molecule has 0 aliphatic heterocycles. The average molecular weight is 517 g/mol. The molecule has 0 atom stereocenters. The molecule has 2 heteroatoms. The summed E-state index contributed by atoms with van der Waals surface area (Å²) in [5, 5.41) is 2.21. The normalized spacial score (nSPS) is 12.5. The first-order valence-corrected chi connectivity index (χ1v) is 14.3. The van der Waals surface area contributed by atoms with Gasteiger partial charge in [-0.25, -0.2) is 0 Å². The van der Waals surface area contributed by atoms with Crippen LogP contribution in [-0.2, 0) is 12.8 Å². The third-order valence-corrected chi connectivity index (χ3v) is 9.30. The summed E-state index contributed by atoms with van der Waals surface area (Å²) < 4.78 is 0. The van der Waals surface area contributed by atoms with Crippen molar-refractivity contribution in [3.63, 3.8) is 0 Å². The number of carbonyl (C=O) groups is 1. The van der Waals surface area contributed by atoms with E-state index in [2.05, 4.69) is 90.3 Å². The van der Waals surface area contributed by atoms with Crippen molar-refractivity contribution in [2.75, 3.05) is 0 Å². The summed E-state index contributed by atoms with van der Waals surface area (Å²) in [6.07, 6.45) is 1.78. The van der Waals surface area contributed by atoms with Gasteiger partial charge in [0.25, 0.3) is 0 Å². The van der Waals surface area contributed by atoms with Crippen molar-refractivity contribution in [3.8, 4) is 43.8 Å². The highest BCUT2D eigenvalue weighted by Crippen LogP contribution is 2.49. The van der Waals surface area contributed by atoms with Crippen LogP contribution < -0.4 is 0 Å². The lowest BCUT2D eigenvalue weighted by atomic mass is 9.89. The largest absolute Gasteiger partial charge is 0.289 e. The Morgan fingerprint density at radius 3 is 1.62 bits per heavy atom. The zero-order valence-corrected chi connectivity index (χ0v) is 22.1. The Labute approximate surface area is 232 Å². The Bertz CT molecular complexity index is 1810. The van der Waals surface area contributed by atoms with Gasteiger partial charge < -0.3 is 0 Å². The predicted molar refractivity (Wildman–Crippen MR) is 162 cm³/mol. The molecule has 0 saturated heterocycles. The first kappa shape index (κ1) is 22.5. The zero-order chi connectivity index (χ0) is 25.9. The maximum Gasteiger partial charge on any atom is 0.195 e. The topological polar surface area (TPSA) is 17.1 Å². The highest BCUT2D eigenvalue weighted by Gasteiger charge is 2.29. The number of ketones is 1. The van der Waals surface area contributed by atoms with Crippen molar-refractivity contribution in [2.45, 2.75) is 12.8 Å². The van der Waals surface area contributed by atoms with Crippen LogP contribution in [0.5, 0.6) is 0 Å². The molecule has 184 valence electrons. The number of fused-ring (bicyclic) bond motifs is 6. The van der Waals surface area contributed by atoms with Crippen LogP contribution in [0.1, 0.15) is 38.2 Å². The average Bonchev–Trinajstić information content (AvgIpc) is 3.70. The highest BCUT2D eigenvalue weighted by molar-refractivity contribution is 7.14. The second kappa shape index (κ2) is 8.76. The molecular formula is C37H24OS. The van der Waals surface area contributed by atoms with Gasteiger partial charge in [-0.05, 0) is 73.9 Å². The van der Waals surface area contributed by atoms with Crippen LogP contribution >= 0.6 is 11.3 Å². The number of carbonyl (C=O) groups excluding carboxylic acids is 1. The predicted octanol–water partition coefficient (Wildman–Crippen LogP) is 9.46. The molecule has 39 heavy (non-hydrogen) atoms. The summed E-state index contributed by atoms with van der Waals surface area (Å²) in [4.78, 5) is 15.4. The fourth-order valence-corrected chi connectivity index (χ4v) is 7.61. The molecule has 0 bridgehead atoms. The van der Waals surface area contributed by atoms with E-state index in [1.807, 2.05) is 30.3 Å². The molecule has 0 radical (unpaired) electrons. The molecule has 1 aromatic heterocycles.